The topological polar surface area (TPSA) is 60.9 Å². The van der Waals surface area contributed by atoms with Crippen molar-refractivity contribution in [1.29, 1.82) is 0 Å². The Hall–Kier alpha value is -1.74. The van der Waals surface area contributed by atoms with E-state index in [-0.39, 0.29) is 12.5 Å². The molecule has 0 unspecified atom stereocenters. The molecule has 2 fully saturated rings. The van der Waals surface area contributed by atoms with Gasteiger partial charge >= 0.3 is 0 Å². The quantitative estimate of drug-likeness (QED) is 0.693. The molecule has 0 spiro atoms. The highest BCUT2D eigenvalue weighted by Crippen LogP contribution is 2.30. The predicted octanol–water partition coefficient (Wildman–Crippen LogP) is 2.59. The van der Waals surface area contributed by atoms with Gasteiger partial charge in [-0.25, -0.2) is 5.01 Å². The van der Waals surface area contributed by atoms with Crippen molar-refractivity contribution in [3.63, 3.8) is 0 Å². The molecule has 1 N–H and O–H groups in total. The summed E-state index contributed by atoms with van der Waals surface area (Å²) in [6.07, 6.45) is 3.56. The fourth-order valence-corrected chi connectivity index (χ4v) is 5.18. The summed E-state index contributed by atoms with van der Waals surface area (Å²) in [5.74, 6) is 1.88. The summed E-state index contributed by atoms with van der Waals surface area (Å²) < 4.78 is 11.2. The molecule has 7 nitrogen and oxygen atoms in total. The zero-order valence-electron chi connectivity index (χ0n) is 17.9. The van der Waals surface area contributed by atoms with Gasteiger partial charge in [0.1, 0.15) is 12.4 Å². The molecule has 0 radical (unpaired) electrons. The summed E-state index contributed by atoms with van der Waals surface area (Å²) in [5, 5.41) is 3.34. The number of amides is 1. The molecule has 1 aromatic heterocycles. The first kappa shape index (κ1) is 21.5. The van der Waals surface area contributed by atoms with Gasteiger partial charge in [-0.2, -0.15) is 4.37 Å². The SMILES string of the molecule is CCOCC(=O)NN1CCC(CCN2CCN(c3nsc4ccccc34)CC2)CC1. The van der Waals surface area contributed by atoms with Crippen molar-refractivity contribution < 1.29 is 9.53 Å². The lowest BCUT2D eigenvalue weighted by Gasteiger charge is -2.37. The van der Waals surface area contributed by atoms with E-state index >= 15 is 0 Å². The normalized spacial score (nSPS) is 19.4. The number of fused-ring (bicyclic) bond motifs is 1. The third-order valence-corrected chi connectivity index (χ3v) is 7.04. The molecule has 2 saturated heterocycles. The maximum Gasteiger partial charge on any atom is 0.260 e. The third-order valence-electron chi connectivity index (χ3n) is 6.22. The fourth-order valence-electron chi connectivity index (χ4n) is 4.39. The van der Waals surface area contributed by atoms with E-state index < -0.39 is 0 Å². The number of nitrogens with zero attached hydrogens (tertiary/aromatic N) is 4. The number of carbonyl (C=O) groups excluding carboxylic acids is 1. The van der Waals surface area contributed by atoms with E-state index in [0.29, 0.717) is 6.61 Å². The summed E-state index contributed by atoms with van der Waals surface area (Å²) in [5.41, 5.74) is 2.96. The Balaban J connectivity index is 1.15. The number of hydrogen-bond acceptors (Lipinski definition) is 7. The van der Waals surface area contributed by atoms with Gasteiger partial charge in [0, 0.05) is 51.3 Å². The number of rotatable bonds is 8. The van der Waals surface area contributed by atoms with Crippen LogP contribution in [0.25, 0.3) is 10.1 Å². The molecule has 4 rings (SSSR count). The average molecular weight is 432 g/mol. The molecule has 0 aliphatic carbocycles. The minimum atomic E-state index is -0.0407. The van der Waals surface area contributed by atoms with Gasteiger partial charge in [-0.05, 0) is 62.3 Å². The molecule has 30 heavy (non-hydrogen) atoms. The highest BCUT2D eigenvalue weighted by atomic mass is 32.1. The zero-order chi connectivity index (χ0) is 20.8. The van der Waals surface area contributed by atoms with Crippen molar-refractivity contribution >= 4 is 33.3 Å². The second-order valence-electron chi connectivity index (χ2n) is 8.22. The van der Waals surface area contributed by atoms with E-state index in [1.54, 1.807) is 11.5 Å². The zero-order valence-corrected chi connectivity index (χ0v) is 18.7. The summed E-state index contributed by atoms with van der Waals surface area (Å²) in [6.45, 7) is 10.0. The number of hydrazine groups is 1. The Bertz CT molecular complexity index is 813. The number of piperazine rings is 1. The molecule has 2 aliphatic rings. The van der Waals surface area contributed by atoms with Crippen LogP contribution < -0.4 is 10.3 Å². The van der Waals surface area contributed by atoms with Crippen molar-refractivity contribution in [3.8, 4) is 0 Å². The highest BCUT2D eigenvalue weighted by Gasteiger charge is 2.24. The van der Waals surface area contributed by atoms with Crippen molar-refractivity contribution in [3.05, 3.63) is 24.3 Å². The van der Waals surface area contributed by atoms with Gasteiger partial charge in [0.15, 0.2) is 0 Å². The number of aromatic nitrogens is 1. The molecule has 3 heterocycles. The van der Waals surface area contributed by atoms with Gasteiger partial charge < -0.3 is 9.64 Å². The first-order valence-electron chi connectivity index (χ1n) is 11.2. The second-order valence-corrected chi connectivity index (χ2v) is 9.03. The fraction of sp³-hybridized carbons (Fsp3) is 0.636. The van der Waals surface area contributed by atoms with Gasteiger partial charge in [0.25, 0.3) is 5.91 Å². The van der Waals surface area contributed by atoms with Crippen LogP contribution in [0.15, 0.2) is 24.3 Å². The highest BCUT2D eigenvalue weighted by molar-refractivity contribution is 7.13. The van der Waals surface area contributed by atoms with Crippen molar-refractivity contribution in [2.24, 2.45) is 5.92 Å². The van der Waals surface area contributed by atoms with Crippen LogP contribution in [0.1, 0.15) is 26.2 Å². The van der Waals surface area contributed by atoms with Crippen LogP contribution >= 0.6 is 11.5 Å². The largest absolute Gasteiger partial charge is 0.372 e. The molecule has 0 bridgehead atoms. The second kappa shape index (κ2) is 10.5. The van der Waals surface area contributed by atoms with Crippen molar-refractivity contribution in [2.45, 2.75) is 26.2 Å². The van der Waals surface area contributed by atoms with Crippen molar-refractivity contribution in [1.82, 2.24) is 19.7 Å². The Morgan fingerprint density at radius 2 is 1.93 bits per heavy atom. The van der Waals surface area contributed by atoms with E-state index in [1.165, 1.54) is 23.1 Å². The van der Waals surface area contributed by atoms with Crippen LogP contribution in [0.4, 0.5) is 5.82 Å². The van der Waals surface area contributed by atoms with Crippen LogP contribution in [0.2, 0.25) is 0 Å². The maximum atomic E-state index is 11.8. The number of hydrogen-bond donors (Lipinski definition) is 1. The number of ether oxygens (including phenoxy) is 1. The molecule has 1 aromatic carbocycles. The van der Waals surface area contributed by atoms with Gasteiger partial charge in [-0.15, -0.1) is 0 Å². The maximum absolute atomic E-state index is 11.8. The standard InChI is InChI=1S/C22H33N5O2S/c1-2-29-17-21(28)23-27-11-8-18(9-12-27)7-10-25-13-15-26(16-14-25)22-19-5-3-4-6-20(19)30-24-22/h3-6,18H,2,7-17H2,1H3,(H,23,28). The number of benzene rings is 1. The lowest BCUT2D eigenvalue weighted by molar-refractivity contribution is -0.131. The van der Waals surface area contributed by atoms with Crippen LogP contribution in [0.5, 0.6) is 0 Å². The van der Waals surface area contributed by atoms with E-state index in [9.17, 15) is 4.79 Å². The first-order chi connectivity index (χ1) is 14.7. The number of nitrogens with one attached hydrogen (secondary N) is 1. The lowest BCUT2D eigenvalue weighted by Crippen LogP contribution is -2.49. The Morgan fingerprint density at radius 3 is 2.70 bits per heavy atom. The number of carbonyl (C=O) groups is 1. The van der Waals surface area contributed by atoms with Gasteiger partial charge in [-0.1, -0.05) is 12.1 Å². The van der Waals surface area contributed by atoms with Crippen LogP contribution in [-0.4, -0.2) is 79.2 Å². The van der Waals surface area contributed by atoms with Crippen LogP contribution in [-0.2, 0) is 9.53 Å². The average Bonchev–Trinajstić information content (AvgIpc) is 3.22. The van der Waals surface area contributed by atoms with E-state index in [4.69, 9.17) is 9.11 Å². The monoisotopic (exact) mass is 431 g/mol. The Morgan fingerprint density at radius 1 is 1.17 bits per heavy atom. The number of anilines is 1. The van der Waals surface area contributed by atoms with Gasteiger partial charge in [0.05, 0.1) is 4.70 Å². The molecular weight excluding hydrogens is 398 g/mol. The minimum absolute atomic E-state index is 0.0407. The predicted molar refractivity (Wildman–Crippen MR) is 122 cm³/mol. The Labute approximate surface area is 183 Å². The summed E-state index contributed by atoms with van der Waals surface area (Å²) in [4.78, 5) is 16.8. The molecule has 2 aliphatic heterocycles. The molecule has 0 saturated carbocycles. The summed E-state index contributed by atoms with van der Waals surface area (Å²) in [6, 6.07) is 8.53. The van der Waals surface area contributed by atoms with Gasteiger partial charge in [-0.3, -0.25) is 15.1 Å². The molecule has 1 amide bonds. The molecular formula is C22H33N5O2S. The third kappa shape index (κ3) is 5.49. The van der Waals surface area contributed by atoms with Gasteiger partial charge in [0.2, 0.25) is 0 Å². The van der Waals surface area contributed by atoms with E-state index in [1.807, 2.05) is 6.92 Å². The molecule has 8 heteroatoms. The minimum Gasteiger partial charge on any atom is -0.372 e. The summed E-state index contributed by atoms with van der Waals surface area (Å²) in [7, 11) is 0. The lowest BCUT2D eigenvalue weighted by atomic mass is 9.94. The van der Waals surface area contributed by atoms with Crippen molar-refractivity contribution in [2.75, 3.05) is 63.9 Å². The smallest absolute Gasteiger partial charge is 0.260 e. The molecule has 164 valence electrons. The molecule has 0 atom stereocenters. The van der Waals surface area contributed by atoms with E-state index in [0.717, 1.165) is 63.8 Å². The first-order valence-corrected chi connectivity index (χ1v) is 11.9. The number of piperidine rings is 1. The van der Waals surface area contributed by atoms with Crippen LogP contribution in [0.3, 0.4) is 0 Å². The van der Waals surface area contributed by atoms with E-state index in [2.05, 4.69) is 44.5 Å². The molecule has 2 aromatic rings. The van der Waals surface area contributed by atoms with Crippen LogP contribution in [0, 0.1) is 5.92 Å². The Kier molecular flexibility index (Phi) is 7.54. The summed E-state index contributed by atoms with van der Waals surface area (Å²) >= 11 is 1.60.